The minimum Gasteiger partial charge on any atom is -0.315 e. The zero-order chi connectivity index (χ0) is 18.1. The van der Waals surface area contributed by atoms with Crippen LogP contribution in [0.4, 0.5) is 10.1 Å². The molecule has 0 aromatic heterocycles. The Kier molecular flexibility index (Phi) is 4.29. The first-order chi connectivity index (χ1) is 12.6. The van der Waals surface area contributed by atoms with Crippen molar-refractivity contribution in [3.05, 3.63) is 101 Å². The number of carbonyl (C=O) groups excluding carboxylic acids is 1. The van der Waals surface area contributed by atoms with Crippen LogP contribution in [-0.2, 0) is 11.2 Å². The van der Waals surface area contributed by atoms with Gasteiger partial charge in [-0.2, -0.15) is 0 Å². The molecule has 3 heteroatoms. The summed E-state index contributed by atoms with van der Waals surface area (Å²) in [5.74, 6) is -0.392. The van der Waals surface area contributed by atoms with E-state index in [1.165, 1.54) is 12.1 Å². The fourth-order valence-corrected chi connectivity index (χ4v) is 3.93. The molecule has 1 aliphatic rings. The fourth-order valence-electron chi connectivity index (χ4n) is 3.93. The average Bonchev–Trinajstić information content (AvgIpc) is 2.68. The van der Waals surface area contributed by atoms with Gasteiger partial charge in [0.05, 0.1) is 5.92 Å². The SMILES string of the molecule is CN1C(=O)C(Cc2ccc(F)cc2)C(c2ccccc2)c2ccccc21. The van der Waals surface area contributed by atoms with E-state index in [9.17, 15) is 9.18 Å². The van der Waals surface area contributed by atoms with Gasteiger partial charge >= 0.3 is 0 Å². The molecule has 26 heavy (non-hydrogen) atoms. The monoisotopic (exact) mass is 345 g/mol. The molecule has 0 saturated heterocycles. The maximum atomic E-state index is 13.3. The summed E-state index contributed by atoms with van der Waals surface area (Å²) < 4.78 is 13.3. The Morgan fingerprint density at radius 3 is 2.27 bits per heavy atom. The van der Waals surface area contributed by atoms with Crippen molar-refractivity contribution in [3.8, 4) is 0 Å². The van der Waals surface area contributed by atoms with Crippen LogP contribution in [0.2, 0.25) is 0 Å². The van der Waals surface area contributed by atoms with Crippen LogP contribution >= 0.6 is 0 Å². The van der Waals surface area contributed by atoms with Gasteiger partial charge in [0.1, 0.15) is 5.82 Å². The predicted octanol–water partition coefficient (Wildman–Crippen LogP) is 4.79. The molecule has 0 aliphatic carbocycles. The van der Waals surface area contributed by atoms with E-state index < -0.39 is 0 Å². The van der Waals surface area contributed by atoms with Gasteiger partial charge in [-0.05, 0) is 41.3 Å². The van der Waals surface area contributed by atoms with Crippen molar-refractivity contribution in [1.29, 1.82) is 0 Å². The topological polar surface area (TPSA) is 20.3 Å². The molecule has 2 nitrogen and oxygen atoms in total. The Morgan fingerprint density at radius 2 is 1.54 bits per heavy atom. The quantitative estimate of drug-likeness (QED) is 0.668. The molecule has 1 aliphatic heterocycles. The second kappa shape index (κ2) is 6.75. The molecule has 1 amide bonds. The van der Waals surface area contributed by atoms with Gasteiger partial charge in [0.2, 0.25) is 5.91 Å². The van der Waals surface area contributed by atoms with E-state index in [0.29, 0.717) is 6.42 Å². The number of carbonyl (C=O) groups is 1. The molecule has 0 radical (unpaired) electrons. The van der Waals surface area contributed by atoms with Gasteiger partial charge in [0.15, 0.2) is 0 Å². The molecule has 2 atom stereocenters. The Hall–Kier alpha value is -2.94. The first-order valence-electron chi connectivity index (χ1n) is 8.81. The van der Waals surface area contributed by atoms with Crippen LogP contribution < -0.4 is 4.90 Å². The molecule has 3 aromatic rings. The molecule has 0 saturated carbocycles. The zero-order valence-electron chi connectivity index (χ0n) is 14.6. The van der Waals surface area contributed by atoms with Crippen molar-refractivity contribution < 1.29 is 9.18 Å². The molecule has 130 valence electrons. The van der Waals surface area contributed by atoms with E-state index in [1.54, 1.807) is 17.0 Å². The molecular formula is C23H20FNO. The Labute approximate surface area is 152 Å². The van der Waals surface area contributed by atoms with Crippen LogP contribution in [0.25, 0.3) is 0 Å². The van der Waals surface area contributed by atoms with Crippen molar-refractivity contribution in [2.24, 2.45) is 5.92 Å². The Bertz CT molecular complexity index is 920. The first-order valence-corrected chi connectivity index (χ1v) is 8.81. The van der Waals surface area contributed by atoms with E-state index in [1.807, 2.05) is 43.4 Å². The third-order valence-electron chi connectivity index (χ3n) is 5.21. The lowest BCUT2D eigenvalue weighted by Gasteiger charge is -2.38. The van der Waals surface area contributed by atoms with Gasteiger partial charge in [-0.3, -0.25) is 4.79 Å². The second-order valence-electron chi connectivity index (χ2n) is 6.78. The summed E-state index contributed by atoms with van der Waals surface area (Å²) in [5.41, 5.74) is 4.22. The van der Waals surface area contributed by atoms with Crippen molar-refractivity contribution in [2.45, 2.75) is 12.3 Å². The number of nitrogens with zero attached hydrogens (tertiary/aromatic N) is 1. The maximum absolute atomic E-state index is 13.3. The van der Waals surface area contributed by atoms with Gasteiger partial charge in [-0.25, -0.2) is 4.39 Å². The number of para-hydroxylation sites is 1. The summed E-state index contributed by atoms with van der Waals surface area (Å²) >= 11 is 0. The van der Waals surface area contributed by atoms with Crippen LogP contribution in [0.15, 0.2) is 78.9 Å². The number of hydrogen-bond acceptors (Lipinski definition) is 1. The van der Waals surface area contributed by atoms with E-state index in [-0.39, 0.29) is 23.6 Å². The van der Waals surface area contributed by atoms with Crippen molar-refractivity contribution in [3.63, 3.8) is 0 Å². The molecule has 0 bridgehead atoms. The predicted molar refractivity (Wildman–Crippen MR) is 102 cm³/mol. The molecule has 1 heterocycles. The van der Waals surface area contributed by atoms with Crippen LogP contribution in [0, 0.1) is 11.7 Å². The summed E-state index contributed by atoms with van der Waals surface area (Å²) in [6.07, 6.45) is 0.581. The molecule has 0 fully saturated rings. The maximum Gasteiger partial charge on any atom is 0.231 e. The van der Waals surface area contributed by atoms with Gasteiger partial charge in [-0.1, -0.05) is 60.7 Å². The van der Waals surface area contributed by atoms with E-state index in [0.717, 1.165) is 22.4 Å². The number of halogens is 1. The number of hydrogen-bond donors (Lipinski definition) is 0. The highest BCUT2D eigenvalue weighted by Crippen LogP contribution is 2.43. The van der Waals surface area contributed by atoms with Gasteiger partial charge in [0, 0.05) is 18.7 Å². The largest absolute Gasteiger partial charge is 0.315 e. The van der Waals surface area contributed by atoms with Crippen molar-refractivity contribution >= 4 is 11.6 Å². The van der Waals surface area contributed by atoms with E-state index >= 15 is 0 Å². The highest BCUT2D eigenvalue weighted by molar-refractivity contribution is 5.99. The zero-order valence-corrected chi connectivity index (χ0v) is 14.6. The summed E-state index contributed by atoms with van der Waals surface area (Å²) in [6.45, 7) is 0. The minimum atomic E-state index is -0.259. The first kappa shape index (κ1) is 16.5. The van der Waals surface area contributed by atoms with Gasteiger partial charge in [0.25, 0.3) is 0 Å². The summed E-state index contributed by atoms with van der Waals surface area (Å²) in [5, 5.41) is 0. The standard InChI is InChI=1S/C23H20FNO/c1-25-21-10-6-5-9-19(21)22(17-7-3-2-4-8-17)20(23(25)26)15-16-11-13-18(24)14-12-16/h2-14,20,22H,15H2,1H3. The van der Waals surface area contributed by atoms with Crippen LogP contribution in [0.3, 0.4) is 0 Å². The fraction of sp³-hybridized carbons (Fsp3) is 0.174. The van der Waals surface area contributed by atoms with Crippen LogP contribution in [0.5, 0.6) is 0 Å². The summed E-state index contributed by atoms with van der Waals surface area (Å²) in [4.78, 5) is 14.9. The molecule has 3 aromatic carbocycles. The second-order valence-corrected chi connectivity index (χ2v) is 6.78. The summed E-state index contributed by atoms with van der Waals surface area (Å²) in [6, 6.07) is 24.7. The van der Waals surface area contributed by atoms with Crippen LogP contribution in [0.1, 0.15) is 22.6 Å². The highest BCUT2D eigenvalue weighted by Gasteiger charge is 2.39. The number of benzene rings is 3. The lowest BCUT2D eigenvalue weighted by molar-refractivity contribution is -0.123. The average molecular weight is 345 g/mol. The summed E-state index contributed by atoms with van der Waals surface area (Å²) in [7, 11) is 1.83. The third-order valence-corrected chi connectivity index (χ3v) is 5.21. The lowest BCUT2D eigenvalue weighted by Crippen LogP contribution is -2.42. The van der Waals surface area contributed by atoms with Crippen molar-refractivity contribution in [1.82, 2.24) is 0 Å². The lowest BCUT2D eigenvalue weighted by atomic mass is 9.74. The number of amides is 1. The van der Waals surface area contributed by atoms with Gasteiger partial charge in [-0.15, -0.1) is 0 Å². The molecule has 0 N–H and O–H groups in total. The van der Waals surface area contributed by atoms with E-state index in [4.69, 9.17) is 0 Å². The molecular weight excluding hydrogens is 325 g/mol. The number of anilines is 1. The Balaban J connectivity index is 1.82. The highest BCUT2D eigenvalue weighted by atomic mass is 19.1. The normalized spacial score (nSPS) is 19.3. The number of rotatable bonds is 3. The smallest absolute Gasteiger partial charge is 0.231 e. The van der Waals surface area contributed by atoms with Crippen molar-refractivity contribution in [2.75, 3.05) is 11.9 Å². The molecule has 0 spiro atoms. The number of fused-ring (bicyclic) bond motifs is 1. The third kappa shape index (κ3) is 2.90. The molecule has 4 rings (SSSR count). The van der Waals surface area contributed by atoms with E-state index in [2.05, 4.69) is 18.2 Å². The molecule has 2 unspecified atom stereocenters. The van der Waals surface area contributed by atoms with Gasteiger partial charge < -0.3 is 4.90 Å². The van der Waals surface area contributed by atoms with Crippen LogP contribution in [-0.4, -0.2) is 13.0 Å². The Morgan fingerprint density at radius 1 is 0.885 bits per heavy atom. The minimum absolute atomic E-state index is 0.0128.